The molecule has 7 heteroatoms. The molecule has 0 aromatic carbocycles. The zero-order valence-electron chi connectivity index (χ0n) is 10.1. The molecule has 0 heterocycles. The first-order valence-corrected chi connectivity index (χ1v) is 9.56. The second-order valence-corrected chi connectivity index (χ2v) is 9.09. The van der Waals surface area contributed by atoms with E-state index in [1.54, 1.807) is 12.1 Å². The monoisotopic (exact) mass is 302 g/mol. The fourth-order valence-corrected chi connectivity index (χ4v) is 5.08. The molecule has 0 saturated heterocycles. The van der Waals surface area contributed by atoms with Gasteiger partial charge < -0.3 is 0 Å². The molecule has 0 fully saturated rings. The summed E-state index contributed by atoms with van der Waals surface area (Å²) in [6.07, 6.45) is 0. The Hall–Kier alpha value is 1.31. The average Bonchev–Trinajstić information content (AvgIpc) is 2.01. The molecule has 0 bridgehead atoms. The first kappa shape index (κ1) is 16.3. The quantitative estimate of drug-likeness (QED) is 0.573. The lowest BCUT2D eigenvalue weighted by atomic mass is 10.1. The van der Waals surface area contributed by atoms with Crippen molar-refractivity contribution in [3.8, 4) is 0 Å². The van der Waals surface area contributed by atoms with Crippen LogP contribution in [0.4, 0.5) is 0 Å². The molecule has 0 aliphatic heterocycles. The average molecular weight is 302 g/mol. The van der Waals surface area contributed by atoms with E-state index in [0.29, 0.717) is 15.0 Å². The van der Waals surface area contributed by atoms with Gasteiger partial charge in [-0.25, -0.2) is 0 Å². The van der Waals surface area contributed by atoms with Crippen molar-refractivity contribution in [2.24, 2.45) is 0 Å². The third-order valence-corrected chi connectivity index (χ3v) is 7.47. The third-order valence-electron chi connectivity index (χ3n) is 1.55. The molecule has 88 valence electrons. The minimum Gasteiger partial charge on any atom is -0.0422 e. The van der Waals surface area contributed by atoms with Gasteiger partial charge in [-0.1, -0.05) is 0 Å². The Morgan fingerprint density at radius 3 is 1.20 bits per heavy atom. The Morgan fingerprint density at radius 2 is 1.07 bits per heavy atom. The highest BCUT2D eigenvalue weighted by Gasteiger charge is 2.36. The standard InChI is InChI=1S/C8H18N2P2S3/c1-7(2,3)9(11-13)15-10(12-14)8(4,5)6/h1-6H3/p+2. The van der Waals surface area contributed by atoms with Crippen LogP contribution in [0.1, 0.15) is 41.5 Å². The van der Waals surface area contributed by atoms with Crippen molar-refractivity contribution in [1.82, 2.24) is 8.15 Å². The van der Waals surface area contributed by atoms with Crippen LogP contribution in [0.5, 0.6) is 0 Å². The SMILES string of the molecule is CC(C)(C)N([PH+]=S)SN([PH+]=S)C(C)(C)C. The molecule has 15 heavy (non-hydrogen) atoms. The van der Waals surface area contributed by atoms with E-state index in [9.17, 15) is 0 Å². The Kier molecular flexibility index (Phi) is 6.85. The molecule has 0 aliphatic rings. The maximum Gasteiger partial charge on any atom is 0.264 e. The van der Waals surface area contributed by atoms with Crippen LogP contribution >= 0.6 is 27.1 Å². The Morgan fingerprint density at radius 1 is 0.800 bits per heavy atom. The van der Waals surface area contributed by atoms with E-state index in [4.69, 9.17) is 23.6 Å². The molecule has 2 unspecified atom stereocenters. The van der Waals surface area contributed by atoms with Crippen molar-refractivity contribution >= 4 is 50.8 Å². The minimum atomic E-state index is 0.0867. The summed E-state index contributed by atoms with van der Waals surface area (Å²) in [4.78, 5) is 0. The van der Waals surface area contributed by atoms with Crippen molar-refractivity contribution in [3.63, 3.8) is 0 Å². The molecule has 0 N–H and O–H groups in total. The minimum absolute atomic E-state index is 0.0867. The van der Waals surface area contributed by atoms with Gasteiger partial charge in [-0.3, -0.25) is 0 Å². The largest absolute Gasteiger partial charge is 0.264 e. The molecule has 0 aromatic heterocycles. The molecule has 0 aliphatic carbocycles. The predicted octanol–water partition coefficient (Wildman–Crippen LogP) is 3.86. The maximum absolute atomic E-state index is 5.19. The maximum atomic E-state index is 5.19. The zero-order valence-corrected chi connectivity index (χ0v) is 14.6. The van der Waals surface area contributed by atoms with E-state index in [-0.39, 0.29) is 11.1 Å². The molecule has 0 rings (SSSR count). The lowest BCUT2D eigenvalue weighted by Crippen LogP contribution is -2.36. The summed E-state index contributed by atoms with van der Waals surface area (Å²) in [5, 5.41) is 0. The highest BCUT2D eigenvalue weighted by molar-refractivity contribution is 8.10. The molecule has 0 amide bonds. The van der Waals surface area contributed by atoms with Gasteiger partial charge in [-0.15, -0.1) is 0 Å². The molecule has 2 atom stereocenters. The Balaban J connectivity index is 4.67. The topological polar surface area (TPSA) is 6.48 Å². The van der Waals surface area contributed by atoms with Gasteiger partial charge in [0.25, 0.3) is 15.0 Å². The van der Waals surface area contributed by atoms with E-state index in [1.807, 2.05) is 0 Å². The van der Waals surface area contributed by atoms with Crippen molar-refractivity contribution < 1.29 is 0 Å². The van der Waals surface area contributed by atoms with Crippen LogP contribution in [0.2, 0.25) is 0 Å². The third kappa shape index (κ3) is 5.97. The summed E-state index contributed by atoms with van der Waals surface area (Å²) < 4.78 is 4.43. The van der Waals surface area contributed by atoms with E-state index in [1.165, 1.54) is 0 Å². The number of rotatable bonds is 4. The second-order valence-electron chi connectivity index (χ2n) is 5.19. The van der Waals surface area contributed by atoms with Gasteiger partial charge in [0, 0.05) is 0 Å². The van der Waals surface area contributed by atoms with E-state index in [0.717, 1.165) is 0 Å². The van der Waals surface area contributed by atoms with E-state index >= 15 is 0 Å². The first-order chi connectivity index (χ1) is 6.62. The van der Waals surface area contributed by atoms with Crippen LogP contribution in [-0.4, -0.2) is 19.2 Å². The lowest BCUT2D eigenvalue weighted by Gasteiger charge is -2.29. The van der Waals surface area contributed by atoms with Crippen LogP contribution in [0, 0.1) is 0 Å². The Bertz CT molecular complexity index is 211. The van der Waals surface area contributed by atoms with Gasteiger partial charge in [0.2, 0.25) is 0 Å². The molecule has 2 nitrogen and oxygen atoms in total. The van der Waals surface area contributed by atoms with Crippen LogP contribution in [0.25, 0.3) is 0 Å². The normalized spacial score (nSPS) is 14.4. The summed E-state index contributed by atoms with van der Waals surface area (Å²) in [6.45, 7) is 13.0. The first-order valence-electron chi connectivity index (χ1n) is 4.67. The van der Waals surface area contributed by atoms with Crippen molar-refractivity contribution in [3.05, 3.63) is 0 Å². The Labute approximate surface area is 111 Å². The predicted molar refractivity (Wildman–Crippen MR) is 82.1 cm³/mol. The molecular formula is C8H20N2P2S3+2. The van der Waals surface area contributed by atoms with Crippen molar-refractivity contribution in [2.75, 3.05) is 0 Å². The smallest absolute Gasteiger partial charge is 0.0422 e. The summed E-state index contributed by atoms with van der Waals surface area (Å²) in [7, 11) is 0.743. The summed E-state index contributed by atoms with van der Waals surface area (Å²) in [5.41, 5.74) is 0.173. The molecule has 0 saturated carbocycles. The number of hydrogen-bond donors (Lipinski definition) is 0. The van der Waals surface area contributed by atoms with Crippen LogP contribution < -0.4 is 0 Å². The molecule has 0 aromatic rings. The second kappa shape index (κ2) is 6.30. The van der Waals surface area contributed by atoms with Gasteiger partial charge in [0.15, 0.2) is 23.6 Å². The molecule has 0 radical (unpaired) electrons. The summed E-state index contributed by atoms with van der Waals surface area (Å²) in [6, 6.07) is 0. The van der Waals surface area contributed by atoms with Gasteiger partial charge in [0.05, 0.1) is 11.1 Å². The number of nitrogens with zero attached hydrogens (tertiary/aromatic N) is 2. The van der Waals surface area contributed by atoms with Gasteiger partial charge >= 0.3 is 0 Å². The van der Waals surface area contributed by atoms with Crippen molar-refractivity contribution in [2.45, 2.75) is 52.6 Å². The van der Waals surface area contributed by atoms with Crippen molar-refractivity contribution in [1.29, 1.82) is 0 Å². The fourth-order valence-electron chi connectivity index (χ4n) is 0.634. The van der Waals surface area contributed by atoms with Gasteiger partial charge in [0.1, 0.15) is 12.1 Å². The van der Waals surface area contributed by atoms with Gasteiger partial charge in [-0.05, 0) is 49.7 Å². The van der Waals surface area contributed by atoms with E-state index < -0.39 is 0 Å². The van der Waals surface area contributed by atoms with Crippen LogP contribution in [0.15, 0.2) is 0 Å². The highest BCUT2D eigenvalue weighted by atomic mass is 32.4. The van der Waals surface area contributed by atoms with E-state index in [2.05, 4.69) is 49.7 Å². The van der Waals surface area contributed by atoms with Gasteiger partial charge in [-0.2, -0.15) is 0 Å². The summed E-state index contributed by atoms with van der Waals surface area (Å²) in [5.74, 6) is 0. The van der Waals surface area contributed by atoms with Crippen LogP contribution in [-0.2, 0) is 23.6 Å². The number of hydrogen-bond acceptors (Lipinski definition) is 3. The van der Waals surface area contributed by atoms with Crippen LogP contribution in [0.3, 0.4) is 0 Å². The zero-order chi connectivity index (χ0) is 12.3. The molecular weight excluding hydrogens is 282 g/mol. The highest BCUT2D eigenvalue weighted by Crippen LogP contribution is 2.40. The summed E-state index contributed by atoms with van der Waals surface area (Å²) >= 11 is 12.1. The fraction of sp³-hybridized carbons (Fsp3) is 1.00. The molecule has 0 spiro atoms. The lowest BCUT2D eigenvalue weighted by molar-refractivity contribution is 0.369.